The molecule has 1 atom stereocenters. The van der Waals surface area contributed by atoms with E-state index in [9.17, 15) is 0 Å². The molecule has 1 heterocycles. The van der Waals surface area contributed by atoms with E-state index in [-0.39, 0.29) is 0 Å². The van der Waals surface area contributed by atoms with Gasteiger partial charge in [-0.1, -0.05) is 0 Å². The fourth-order valence-corrected chi connectivity index (χ4v) is 1.49. The van der Waals surface area contributed by atoms with E-state index in [1.165, 1.54) is 16.2 Å². The molecular weight excluding hydrogens is 150 g/mol. The summed E-state index contributed by atoms with van der Waals surface area (Å²) in [5.74, 6) is 0. The standard InChI is InChI=1S/C9H17N3/c1-8-7-12(6-4-10)5-3-9(8)11-2/h3,5,11H,4,6-7,10H2,1-2H3/p+1. The average Bonchev–Trinajstić information content (AvgIpc) is 2.05. The van der Waals surface area contributed by atoms with Gasteiger partial charge >= 0.3 is 0 Å². The second-order valence-electron chi connectivity index (χ2n) is 3.15. The fraction of sp³-hybridized carbons (Fsp3) is 0.556. The summed E-state index contributed by atoms with van der Waals surface area (Å²) in [4.78, 5) is 1.44. The van der Waals surface area contributed by atoms with Crippen LogP contribution in [0.15, 0.2) is 23.5 Å². The summed E-state index contributed by atoms with van der Waals surface area (Å²) < 4.78 is 0. The van der Waals surface area contributed by atoms with E-state index in [2.05, 4.69) is 24.5 Å². The molecule has 0 amide bonds. The van der Waals surface area contributed by atoms with Crippen molar-refractivity contribution in [3.63, 3.8) is 0 Å². The zero-order chi connectivity index (χ0) is 8.97. The van der Waals surface area contributed by atoms with Gasteiger partial charge in [-0.05, 0) is 6.92 Å². The van der Waals surface area contributed by atoms with Crippen LogP contribution in [0.25, 0.3) is 0 Å². The molecule has 1 rings (SSSR count). The lowest BCUT2D eigenvalue weighted by atomic mass is 10.1. The molecule has 0 aliphatic carbocycles. The summed E-state index contributed by atoms with van der Waals surface area (Å²) in [7, 11) is 1.96. The Labute approximate surface area is 73.9 Å². The highest BCUT2D eigenvalue weighted by atomic mass is 15.1. The maximum absolute atomic E-state index is 5.49. The second kappa shape index (κ2) is 4.28. The molecule has 0 spiro atoms. The minimum absolute atomic E-state index is 0.752. The molecule has 1 aliphatic heterocycles. The van der Waals surface area contributed by atoms with Crippen LogP contribution in [0, 0.1) is 0 Å². The Morgan fingerprint density at radius 1 is 1.67 bits per heavy atom. The number of hydrogen-bond acceptors (Lipinski definition) is 2. The highest BCUT2D eigenvalue weighted by Crippen LogP contribution is 2.01. The van der Waals surface area contributed by atoms with Crippen LogP contribution in [0.3, 0.4) is 0 Å². The monoisotopic (exact) mass is 168 g/mol. The van der Waals surface area contributed by atoms with Crippen LogP contribution < -0.4 is 16.0 Å². The maximum atomic E-state index is 5.49. The molecule has 1 unspecified atom stereocenters. The van der Waals surface area contributed by atoms with Gasteiger partial charge in [0.15, 0.2) is 0 Å². The first-order chi connectivity index (χ1) is 5.77. The minimum atomic E-state index is 0.752. The zero-order valence-corrected chi connectivity index (χ0v) is 7.85. The summed E-state index contributed by atoms with van der Waals surface area (Å²) in [6.07, 6.45) is 4.30. The first-order valence-corrected chi connectivity index (χ1v) is 4.38. The lowest BCUT2D eigenvalue weighted by Gasteiger charge is -2.20. The minimum Gasteiger partial charge on any atom is -0.388 e. The maximum Gasteiger partial charge on any atom is 0.105 e. The molecule has 0 saturated heterocycles. The topological polar surface area (TPSA) is 42.5 Å². The van der Waals surface area contributed by atoms with Gasteiger partial charge in [0.05, 0.1) is 12.7 Å². The van der Waals surface area contributed by atoms with Crippen LogP contribution in [0.5, 0.6) is 0 Å². The highest BCUT2D eigenvalue weighted by molar-refractivity contribution is 5.23. The van der Waals surface area contributed by atoms with Crippen molar-refractivity contribution in [2.75, 3.05) is 26.7 Å². The van der Waals surface area contributed by atoms with Crippen molar-refractivity contribution in [2.24, 2.45) is 5.73 Å². The van der Waals surface area contributed by atoms with Gasteiger partial charge in [-0.3, -0.25) is 0 Å². The molecule has 4 N–H and O–H groups in total. The third kappa shape index (κ3) is 2.09. The summed E-state index contributed by atoms with van der Waals surface area (Å²) in [6.45, 7) is 5.00. The van der Waals surface area contributed by atoms with Gasteiger partial charge in [0.25, 0.3) is 0 Å². The van der Waals surface area contributed by atoms with E-state index in [1.54, 1.807) is 0 Å². The molecule has 3 heteroatoms. The summed E-state index contributed by atoms with van der Waals surface area (Å²) in [5, 5.41) is 3.16. The third-order valence-corrected chi connectivity index (χ3v) is 2.17. The molecule has 3 nitrogen and oxygen atoms in total. The third-order valence-electron chi connectivity index (χ3n) is 2.17. The van der Waals surface area contributed by atoms with Gasteiger partial charge in [-0.15, -0.1) is 0 Å². The smallest absolute Gasteiger partial charge is 0.105 e. The van der Waals surface area contributed by atoms with Crippen LogP contribution in [-0.2, 0) is 0 Å². The summed E-state index contributed by atoms with van der Waals surface area (Å²) >= 11 is 0. The molecule has 0 fully saturated rings. The molecule has 1 aliphatic rings. The van der Waals surface area contributed by atoms with Gasteiger partial charge in [-0.25, -0.2) is 0 Å². The predicted octanol–water partition coefficient (Wildman–Crippen LogP) is -1.15. The molecule has 0 aromatic rings. The van der Waals surface area contributed by atoms with Crippen LogP contribution in [0.2, 0.25) is 0 Å². The van der Waals surface area contributed by atoms with Gasteiger partial charge in [0, 0.05) is 30.9 Å². The molecule has 0 aromatic heterocycles. The highest BCUT2D eigenvalue weighted by Gasteiger charge is 2.12. The molecular formula is C9H18N3+. The Morgan fingerprint density at radius 3 is 2.92 bits per heavy atom. The van der Waals surface area contributed by atoms with Gasteiger partial charge in [0.1, 0.15) is 6.54 Å². The Bertz CT molecular complexity index is 206. The normalized spacial score (nSPS) is 23.1. The van der Waals surface area contributed by atoms with Crippen LogP contribution in [0.4, 0.5) is 0 Å². The molecule has 0 radical (unpaired) electrons. The van der Waals surface area contributed by atoms with E-state index < -0.39 is 0 Å². The predicted molar refractivity (Wildman–Crippen MR) is 50.7 cm³/mol. The van der Waals surface area contributed by atoms with Crippen molar-refractivity contribution < 1.29 is 4.90 Å². The number of nitrogens with two attached hydrogens (primary N) is 1. The van der Waals surface area contributed by atoms with Gasteiger partial charge in [-0.2, -0.15) is 0 Å². The molecule has 0 aromatic carbocycles. The lowest BCUT2D eigenvalue weighted by Crippen LogP contribution is -3.08. The van der Waals surface area contributed by atoms with E-state index >= 15 is 0 Å². The number of hydrogen-bond donors (Lipinski definition) is 3. The van der Waals surface area contributed by atoms with E-state index in [4.69, 9.17) is 5.73 Å². The van der Waals surface area contributed by atoms with E-state index in [0.717, 1.165) is 19.6 Å². The van der Waals surface area contributed by atoms with Crippen molar-refractivity contribution in [1.29, 1.82) is 0 Å². The van der Waals surface area contributed by atoms with E-state index in [0.29, 0.717) is 0 Å². The van der Waals surface area contributed by atoms with Crippen molar-refractivity contribution >= 4 is 0 Å². The first-order valence-electron chi connectivity index (χ1n) is 4.38. The van der Waals surface area contributed by atoms with E-state index in [1.807, 2.05) is 7.05 Å². The Balaban J connectivity index is 2.55. The van der Waals surface area contributed by atoms with Crippen LogP contribution >= 0.6 is 0 Å². The second-order valence-corrected chi connectivity index (χ2v) is 3.15. The zero-order valence-electron chi connectivity index (χ0n) is 7.85. The van der Waals surface area contributed by atoms with Crippen LogP contribution in [0.1, 0.15) is 6.92 Å². The number of quaternary nitrogens is 1. The Morgan fingerprint density at radius 2 is 2.42 bits per heavy atom. The SMILES string of the molecule is CNC1=C(C)C[NH+](CCN)C=C1. The Kier molecular flexibility index (Phi) is 3.31. The average molecular weight is 168 g/mol. The van der Waals surface area contributed by atoms with Crippen molar-refractivity contribution in [1.82, 2.24) is 5.32 Å². The van der Waals surface area contributed by atoms with Gasteiger partial charge in [0.2, 0.25) is 0 Å². The molecule has 12 heavy (non-hydrogen) atoms. The van der Waals surface area contributed by atoms with Crippen molar-refractivity contribution in [3.05, 3.63) is 23.5 Å². The Hall–Kier alpha value is -0.800. The number of allylic oxidation sites excluding steroid dienone is 1. The quantitative estimate of drug-likeness (QED) is 0.498. The van der Waals surface area contributed by atoms with Crippen molar-refractivity contribution in [3.8, 4) is 0 Å². The molecule has 68 valence electrons. The molecule has 0 saturated carbocycles. The summed E-state index contributed by atoms with van der Waals surface area (Å²) in [5.41, 5.74) is 8.14. The largest absolute Gasteiger partial charge is 0.388 e. The number of rotatable bonds is 3. The van der Waals surface area contributed by atoms with Crippen molar-refractivity contribution in [2.45, 2.75) is 6.92 Å². The summed E-state index contributed by atoms with van der Waals surface area (Å²) in [6, 6.07) is 0. The molecule has 0 bridgehead atoms. The van der Waals surface area contributed by atoms with Gasteiger partial charge < -0.3 is 16.0 Å². The number of nitrogens with one attached hydrogen (secondary N) is 2. The van der Waals surface area contributed by atoms with Crippen LogP contribution in [-0.4, -0.2) is 26.7 Å². The first kappa shape index (κ1) is 9.29. The number of likely N-dealkylation sites (N-methyl/N-ethyl adjacent to an activating group) is 1. The fourth-order valence-electron chi connectivity index (χ4n) is 1.49. The lowest BCUT2D eigenvalue weighted by molar-refractivity contribution is -0.840.